The number of carbonyl (C=O) groups excluding carboxylic acids is 1. The summed E-state index contributed by atoms with van der Waals surface area (Å²) in [5.41, 5.74) is 2.80. The third-order valence-corrected chi connectivity index (χ3v) is 5.52. The van der Waals surface area contributed by atoms with Crippen LogP contribution in [0.3, 0.4) is 0 Å². The summed E-state index contributed by atoms with van der Waals surface area (Å²) < 4.78 is 3.48. The van der Waals surface area contributed by atoms with E-state index in [0.717, 1.165) is 23.9 Å². The average Bonchev–Trinajstić information content (AvgIpc) is 3.23. The number of aromatic amines is 1. The topological polar surface area (TPSA) is 96.2 Å². The Hall–Kier alpha value is -2.87. The lowest BCUT2D eigenvalue weighted by molar-refractivity contribution is 0.0785. The van der Waals surface area contributed by atoms with E-state index in [4.69, 9.17) is 0 Å². The number of amides is 1. The van der Waals surface area contributed by atoms with Crippen LogP contribution in [0.4, 0.5) is 0 Å². The molecule has 8 heteroatoms. The van der Waals surface area contributed by atoms with Crippen LogP contribution >= 0.6 is 0 Å². The molecular formula is C20H25N5O3. The lowest BCUT2D eigenvalue weighted by Crippen LogP contribution is -2.27. The highest BCUT2D eigenvalue weighted by Crippen LogP contribution is 2.30. The third-order valence-electron chi connectivity index (χ3n) is 5.52. The standard InChI is InChI=1S/C20H25N5O3/c1-23(11-13-10-21-24(2)12-13)19(27)14-3-8-18-17(9-14)22-20(28)25(18)15-4-6-16(26)7-5-15/h3,8-10,12,15-16,26H,4-7,11H2,1-2H3,(H,22,28). The minimum atomic E-state index is -0.267. The van der Waals surface area contributed by atoms with E-state index in [1.807, 2.05) is 19.3 Å². The Morgan fingerprint density at radius 1 is 1.32 bits per heavy atom. The zero-order valence-corrected chi connectivity index (χ0v) is 16.1. The van der Waals surface area contributed by atoms with Crippen LogP contribution in [-0.2, 0) is 13.6 Å². The number of rotatable bonds is 4. The molecule has 2 aromatic heterocycles. The predicted octanol–water partition coefficient (Wildman–Crippen LogP) is 1.81. The van der Waals surface area contributed by atoms with E-state index < -0.39 is 0 Å². The minimum absolute atomic E-state index is 0.0828. The number of fused-ring (bicyclic) bond motifs is 1. The van der Waals surface area contributed by atoms with Crippen molar-refractivity contribution in [3.8, 4) is 0 Å². The van der Waals surface area contributed by atoms with Crippen LogP contribution in [-0.4, -0.2) is 48.4 Å². The maximum Gasteiger partial charge on any atom is 0.326 e. The molecule has 1 aromatic carbocycles. The number of nitrogens with one attached hydrogen (secondary N) is 1. The van der Waals surface area contributed by atoms with Crippen molar-refractivity contribution in [1.82, 2.24) is 24.2 Å². The summed E-state index contributed by atoms with van der Waals surface area (Å²) in [6, 6.07) is 5.43. The summed E-state index contributed by atoms with van der Waals surface area (Å²) in [5, 5.41) is 13.8. The number of aryl methyl sites for hydroxylation is 1. The van der Waals surface area contributed by atoms with Crippen LogP contribution in [0, 0.1) is 0 Å². The fourth-order valence-corrected chi connectivity index (χ4v) is 4.06. The second-order valence-corrected chi connectivity index (χ2v) is 7.68. The van der Waals surface area contributed by atoms with Gasteiger partial charge in [-0.05, 0) is 43.9 Å². The van der Waals surface area contributed by atoms with Gasteiger partial charge in [-0.2, -0.15) is 5.10 Å². The molecule has 0 unspecified atom stereocenters. The van der Waals surface area contributed by atoms with Crippen LogP contribution < -0.4 is 5.69 Å². The molecule has 8 nitrogen and oxygen atoms in total. The van der Waals surface area contributed by atoms with Gasteiger partial charge in [0.2, 0.25) is 0 Å². The van der Waals surface area contributed by atoms with E-state index in [0.29, 0.717) is 30.5 Å². The summed E-state index contributed by atoms with van der Waals surface area (Å²) >= 11 is 0. The van der Waals surface area contributed by atoms with E-state index in [1.54, 1.807) is 39.5 Å². The average molecular weight is 383 g/mol. The van der Waals surface area contributed by atoms with Gasteiger partial charge in [0, 0.05) is 44.0 Å². The van der Waals surface area contributed by atoms with Crippen LogP contribution in [0.15, 0.2) is 35.4 Å². The van der Waals surface area contributed by atoms with Crippen LogP contribution in [0.25, 0.3) is 11.0 Å². The van der Waals surface area contributed by atoms with Crippen LogP contribution in [0.1, 0.15) is 47.6 Å². The maximum absolute atomic E-state index is 12.8. The maximum atomic E-state index is 12.8. The summed E-state index contributed by atoms with van der Waals surface area (Å²) in [6.07, 6.45) is 6.33. The first-order valence-corrected chi connectivity index (χ1v) is 9.57. The quantitative estimate of drug-likeness (QED) is 0.718. The van der Waals surface area contributed by atoms with E-state index in [2.05, 4.69) is 10.1 Å². The van der Waals surface area contributed by atoms with Gasteiger partial charge in [0.25, 0.3) is 5.91 Å². The normalized spacial score (nSPS) is 19.8. The molecule has 148 valence electrons. The minimum Gasteiger partial charge on any atom is -0.393 e. The summed E-state index contributed by atoms with van der Waals surface area (Å²) in [7, 11) is 3.59. The van der Waals surface area contributed by atoms with Gasteiger partial charge in [0.15, 0.2) is 0 Å². The van der Waals surface area contributed by atoms with Gasteiger partial charge >= 0.3 is 5.69 Å². The number of hydrogen-bond acceptors (Lipinski definition) is 4. The van der Waals surface area contributed by atoms with Gasteiger partial charge in [-0.1, -0.05) is 0 Å². The predicted molar refractivity (Wildman–Crippen MR) is 105 cm³/mol. The molecule has 1 saturated carbocycles. The smallest absolute Gasteiger partial charge is 0.326 e. The molecule has 4 rings (SSSR count). The lowest BCUT2D eigenvalue weighted by Gasteiger charge is -2.26. The monoisotopic (exact) mass is 383 g/mol. The first-order valence-electron chi connectivity index (χ1n) is 9.57. The number of aliphatic hydroxyl groups is 1. The van der Waals surface area contributed by atoms with Crippen LogP contribution in [0.2, 0.25) is 0 Å². The number of benzene rings is 1. The van der Waals surface area contributed by atoms with Gasteiger partial charge < -0.3 is 15.0 Å². The van der Waals surface area contributed by atoms with Crippen molar-refractivity contribution in [3.05, 3.63) is 52.2 Å². The van der Waals surface area contributed by atoms with Crippen LogP contribution in [0.5, 0.6) is 0 Å². The number of nitrogens with zero attached hydrogens (tertiary/aromatic N) is 4. The second-order valence-electron chi connectivity index (χ2n) is 7.68. The van der Waals surface area contributed by atoms with Gasteiger partial charge in [-0.25, -0.2) is 4.79 Å². The Labute approximate surface area is 162 Å². The van der Waals surface area contributed by atoms with Crippen molar-refractivity contribution in [2.24, 2.45) is 7.05 Å². The Balaban J connectivity index is 1.58. The van der Waals surface area contributed by atoms with Crippen molar-refractivity contribution >= 4 is 16.9 Å². The Morgan fingerprint density at radius 3 is 2.75 bits per heavy atom. The highest BCUT2D eigenvalue weighted by atomic mass is 16.3. The molecule has 0 radical (unpaired) electrons. The molecule has 28 heavy (non-hydrogen) atoms. The van der Waals surface area contributed by atoms with E-state index in [9.17, 15) is 14.7 Å². The Kier molecular flexibility index (Phi) is 4.80. The molecule has 0 spiro atoms. The summed E-state index contributed by atoms with van der Waals surface area (Å²) in [4.78, 5) is 29.8. The molecule has 3 aromatic rings. The first kappa shape index (κ1) is 18.5. The molecule has 0 bridgehead atoms. The number of H-pyrrole nitrogens is 1. The van der Waals surface area contributed by atoms with Crippen molar-refractivity contribution in [3.63, 3.8) is 0 Å². The van der Waals surface area contributed by atoms with Gasteiger partial charge in [0.05, 0.1) is 23.3 Å². The number of aromatic nitrogens is 4. The fourth-order valence-electron chi connectivity index (χ4n) is 4.06. The van der Waals surface area contributed by atoms with Crippen molar-refractivity contribution in [1.29, 1.82) is 0 Å². The SMILES string of the molecule is CN(Cc1cnn(C)c1)C(=O)c1ccc2c(c1)[nH]c(=O)n2C1CCC(O)CC1. The van der Waals surface area contributed by atoms with Gasteiger partial charge in [-0.15, -0.1) is 0 Å². The fraction of sp³-hybridized carbons (Fsp3) is 0.450. The molecule has 0 atom stereocenters. The molecule has 0 saturated heterocycles. The summed E-state index contributed by atoms with van der Waals surface area (Å²) in [5.74, 6) is -0.111. The molecule has 1 fully saturated rings. The molecule has 1 amide bonds. The summed E-state index contributed by atoms with van der Waals surface area (Å²) in [6.45, 7) is 0.465. The Bertz CT molecular complexity index is 1060. The molecule has 1 aliphatic carbocycles. The molecule has 2 N–H and O–H groups in total. The molecular weight excluding hydrogens is 358 g/mol. The zero-order valence-electron chi connectivity index (χ0n) is 16.1. The number of aliphatic hydroxyl groups excluding tert-OH is 1. The number of hydrogen-bond donors (Lipinski definition) is 2. The van der Waals surface area contributed by atoms with Crippen molar-refractivity contribution in [2.45, 2.75) is 44.4 Å². The van der Waals surface area contributed by atoms with Crippen molar-refractivity contribution < 1.29 is 9.90 Å². The zero-order chi connectivity index (χ0) is 19.8. The lowest BCUT2D eigenvalue weighted by atomic mass is 9.93. The molecule has 2 heterocycles. The van der Waals surface area contributed by atoms with Gasteiger partial charge in [-0.3, -0.25) is 14.0 Å². The van der Waals surface area contributed by atoms with Crippen molar-refractivity contribution in [2.75, 3.05) is 7.05 Å². The van der Waals surface area contributed by atoms with Gasteiger partial charge in [0.1, 0.15) is 0 Å². The van der Waals surface area contributed by atoms with E-state index >= 15 is 0 Å². The number of imidazole rings is 1. The first-order chi connectivity index (χ1) is 13.4. The highest BCUT2D eigenvalue weighted by molar-refractivity contribution is 5.97. The molecule has 1 aliphatic rings. The van der Waals surface area contributed by atoms with E-state index in [1.165, 1.54) is 0 Å². The van der Waals surface area contributed by atoms with E-state index in [-0.39, 0.29) is 23.7 Å². The molecule has 0 aliphatic heterocycles. The third kappa shape index (κ3) is 3.47. The second kappa shape index (κ2) is 7.27. The Morgan fingerprint density at radius 2 is 2.07 bits per heavy atom. The largest absolute Gasteiger partial charge is 0.393 e. The number of carbonyl (C=O) groups is 1. The highest BCUT2D eigenvalue weighted by Gasteiger charge is 2.24.